The van der Waals surface area contributed by atoms with Gasteiger partial charge in [0.25, 0.3) is 0 Å². The van der Waals surface area contributed by atoms with Crippen molar-refractivity contribution in [2.75, 3.05) is 13.1 Å². The lowest BCUT2D eigenvalue weighted by Crippen LogP contribution is -2.35. The molecule has 5 rings (SSSR count). The summed E-state index contributed by atoms with van der Waals surface area (Å²) < 4.78 is 4.46. The Balaban J connectivity index is 1.32. The van der Waals surface area contributed by atoms with Gasteiger partial charge in [0.2, 0.25) is 0 Å². The molecule has 0 amide bonds. The number of fused-ring (bicyclic) bond motifs is 1. The summed E-state index contributed by atoms with van der Waals surface area (Å²) in [6.07, 6.45) is 11.2. The maximum atomic E-state index is 4.78. The molecule has 1 aliphatic carbocycles. The van der Waals surface area contributed by atoms with Crippen LogP contribution in [0.1, 0.15) is 54.7 Å². The molecule has 2 fully saturated rings. The third-order valence-corrected chi connectivity index (χ3v) is 5.45. The summed E-state index contributed by atoms with van der Waals surface area (Å²) in [6, 6.07) is 4.87. The SMILES string of the molecule is Cc1ccc2nc(CN3CCCC(c4nncn4C4CC4)C3)cn2c1. The Labute approximate surface area is 147 Å². The molecule has 1 aliphatic heterocycles. The van der Waals surface area contributed by atoms with Crippen molar-refractivity contribution in [3.63, 3.8) is 0 Å². The molecule has 2 aliphatic rings. The van der Waals surface area contributed by atoms with E-state index in [0.717, 1.165) is 31.0 Å². The van der Waals surface area contributed by atoms with Gasteiger partial charge in [0.15, 0.2) is 0 Å². The molecule has 0 aromatic carbocycles. The van der Waals surface area contributed by atoms with Crippen molar-refractivity contribution in [2.45, 2.75) is 51.1 Å². The zero-order chi connectivity index (χ0) is 16.8. The monoisotopic (exact) mass is 336 g/mol. The highest BCUT2D eigenvalue weighted by molar-refractivity contribution is 5.41. The van der Waals surface area contributed by atoms with Crippen molar-refractivity contribution in [2.24, 2.45) is 0 Å². The number of hydrogen-bond acceptors (Lipinski definition) is 4. The van der Waals surface area contributed by atoms with Gasteiger partial charge in [-0.15, -0.1) is 10.2 Å². The lowest BCUT2D eigenvalue weighted by Gasteiger charge is -2.31. The summed E-state index contributed by atoms with van der Waals surface area (Å²) in [4.78, 5) is 7.30. The van der Waals surface area contributed by atoms with E-state index in [1.807, 2.05) is 6.33 Å². The van der Waals surface area contributed by atoms with E-state index in [4.69, 9.17) is 4.98 Å². The van der Waals surface area contributed by atoms with Crippen LogP contribution in [0.2, 0.25) is 0 Å². The number of aromatic nitrogens is 5. The van der Waals surface area contributed by atoms with E-state index >= 15 is 0 Å². The average molecular weight is 336 g/mol. The van der Waals surface area contributed by atoms with E-state index in [-0.39, 0.29) is 0 Å². The van der Waals surface area contributed by atoms with Crippen LogP contribution in [0.3, 0.4) is 0 Å². The molecular formula is C19H24N6. The summed E-state index contributed by atoms with van der Waals surface area (Å²) >= 11 is 0. The highest BCUT2D eigenvalue weighted by Crippen LogP contribution is 2.38. The molecule has 1 saturated carbocycles. The molecule has 130 valence electrons. The molecule has 1 atom stereocenters. The fourth-order valence-corrected chi connectivity index (χ4v) is 4.05. The van der Waals surface area contributed by atoms with E-state index in [1.54, 1.807) is 0 Å². The van der Waals surface area contributed by atoms with Crippen LogP contribution < -0.4 is 0 Å². The van der Waals surface area contributed by atoms with Crippen LogP contribution >= 0.6 is 0 Å². The largest absolute Gasteiger partial charge is 0.314 e. The van der Waals surface area contributed by atoms with Crippen molar-refractivity contribution in [1.82, 2.24) is 29.0 Å². The second-order valence-electron chi connectivity index (χ2n) is 7.61. The summed E-state index contributed by atoms with van der Waals surface area (Å²) in [7, 11) is 0. The fraction of sp³-hybridized carbons (Fsp3) is 0.526. The van der Waals surface area contributed by atoms with Crippen LogP contribution in [0.25, 0.3) is 5.65 Å². The van der Waals surface area contributed by atoms with Crippen molar-refractivity contribution in [1.29, 1.82) is 0 Å². The molecule has 0 bridgehead atoms. The first-order chi connectivity index (χ1) is 12.3. The Kier molecular flexibility index (Phi) is 3.59. The van der Waals surface area contributed by atoms with Gasteiger partial charge in [0.1, 0.15) is 17.8 Å². The van der Waals surface area contributed by atoms with Crippen LogP contribution in [0.15, 0.2) is 30.9 Å². The minimum absolute atomic E-state index is 0.496. The quantitative estimate of drug-likeness (QED) is 0.735. The molecule has 3 aromatic heterocycles. The minimum atomic E-state index is 0.496. The maximum absolute atomic E-state index is 4.78. The third kappa shape index (κ3) is 2.95. The Morgan fingerprint density at radius 3 is 2.96 bits per heavy atom. The van der Waals surface area contributed by atoms with E-state index < -0.39 is 0 Å². The van der Waals surface area contributed by atoms with Gasteiger partial charge in [0, 0.05) is 37.4 Å². The Bertz CT molecular complexity index is 890. The Morgan fingerprint density at radius 1 is 1.16 bits per heavy atom. The number of nitrogens with zero attached hydrogens (tertiary/aromatic N) is 6. The topological polar surface area (TPSA) is 51.2 Å². The lowest BCUT2D eigenvalue weighted by atomic mass is 9.97. The zero-order valence-corrected chi connectivity index (χ0v) is 14.7. The summed E-state index contributed by atoms with van der Waals surface area (Å²) in [5, 5.41) is 8.64. The van der Waals surface area contributed by atoms with Crippen LogP contribution in [0, 0.1) is 6.92 Å². The van der Waals surface area contributed by atoms with Gasteiger partial charge in [-0.3, -0.25) is 4.90 Å². The van der Waals surface area contributed by atoms with E-state index in [2.05, 4.69) is 55.5 Å². The van der Waals surface area contributed by atoms with Gasteiger partial charge in [0.05, 0.1) is 5.69 Å². The first-order valence-electron chi connectivity index (χ1n) is 9.32. The van der Waals surface area contributed by atoms with Gasteiger partial charge < -0.3 is 8.97 Å². The van der Waals surface area contributed by atoms with E-state index in [9.17, 15) is 0 Å². The molecule has 6 heteroatoms. The fourth-order valence-electron chi connectivity index (χ4n) is 4.05. The smallest absolute Gasteiger partial charge is 0.137 e. The third-order valence-electron chi connectivity index (χ3n) is 5.45. The Hall–Kier alpha value is -2.21. The molecule has 4 heterocycles. The first kappa shape index (κ1) is 15.1. The van der Waals surface area contributed by atoms with Crippen molar-refractivity contribution in [3.05, 3.63) is 47.9 Å². The highest BCUT2D eigenvalue weighted by atomic mass is 15.3. The van der Waals surface area contributed by atoms with Crippen molar-refractivity contribution < 1.29 is 0 Å². The molecule has 0 N–H and O–H groups in total. The average Bonchev–Trinajstić information content (AvgIpc) is 3.20. The molecule has 6 nitrogen and oxygen atoms in total. The maximum Gasteiger partial charge on any atom is 0.137 e. The van der Waals surface area contributed by atoms with Gasteiger partial charge in [-0.2, -0.15) is 0 Å². The molecular weight excluding hydrogens is 312 g/mol. The Morgan fingerprint density at radius 2 is 2.08 bits per heavy atom. The summed E-state index contributed by atoms with van der Waals surface area (Å²) in [5.41, 5.74) is 3.44. The second-order valence-corrected chi connectivity index (χ2v) is 7.61. The van der Waals surface area contributed by atoms with Crippen LogP contribution in [-0.4, -0.2) is 42.1 Å². The normalized spacial score (nSPS) is 21.9. The zero-order valence-electron chi connectivity index (χ0n) is 14.7. The van der Waals surface area contributed by atoms with E-state index in [1.165, 1.54) is 37.1 Å². The van der Waals surface area contributed by atoms with E-state index in [0.29, 0.717) is 12.0 Å². The molecule has 3 aromatic rings. The number of likely N-dealkylation sites (tertiary alicyclic amines) is 1. The standard InChI is InChI=1S/C19H24N6/c1-14-4-7-18-21-16(12-24(18)9-14)11-23-8-2-3-15(10-23)19-22-20-13-25(19)17-5-6-17/h4,7,9,12-13,15,17H,2-3,5-6,8,10-11H2,1H3. The minimum Gasteiger partial charge on any atom is -0.314 e. The highest BCUT2D eigenvalue weighted by Gasteiger charge is 2.31. The molecule has 25 heavy (non-hydrogen) atoms. The molecule has 0 spiro atoms. The van der Waals surface area contributed by atoms with Crippen molar-refractivity contribution in [3.8, 4) is 0 Å². The van der Waals surface area contributed by atoms with Gasteiger partial charge in [-0.1, -0.05) is 6.07 Å². The predicted molar refractivity (Wildman–Crippen MR) is 95.5 cm³/mol. The van der Waals surface area contributed by atoms with Gasteiger partial charge in [-0.25, -0.2) is 4.98 Å². The van der Waals surface area contributed by atoms with Crippen LogP contribution in [0.5, 0.6) is 0 Å². The number of hydrogen-bond donors (Lipinski definition) is 0. The lowest BCUT2D eigenvalue weighted by molar-refractivity contribution is 0.192. The van der Waals surface area contributed by atoms with Crippen LogP contribution in [-0.2, 0) is 6.54 Å². The van der Waals surface area contributed by atoms with Crippen molar-refractivity contribution >= 4 is 5.65 Å². The van der Waals surface area contributed by atoms with Gasteiger partial charge >= 0.3 is 0 Å². The summed E-state index contributed by atoms with van der Waals surface area (Å²) in [5.74, 6) is 1.69. The number of rotatable bonds is 4. The number of imidazole rings is 1. The predicted octanol–water partition coefficient (Wildman–Crippen LogP) is 2.95. The second kappa shape index (κ2) is 5.95. The van der Waals surface area contributed by atoms with Crippen LogP contribution in [0.4, 0.5) is 0 Å². The van der Waals surface area contributed by atoms with Gasteiger partial charge in [-0.05, 0) is 50.8 Å². The number of piperidine rings is 1. The molecule has 1 saturated heterocycles. The summed E-state index contributed by atoms with van der Waals surface area (Å²) in [6.45, 7) is 5.22. The molecule has 1 unspecified atom stereocenters. The molecule has 0 radical (unpaired) electrons. The number of aryl methyl sites for hydroxylation is 1. The number of pyridine rings is 1. The first-order valence-corrected chi connectivity index (χ1v) is 9.32.